The number of phenols is 1. The number of hydrogen-bond acceptors (Lipinski definition) is 3. The minimum absolute atomic E-state index is 0.197. The van der Waals surface area contributed by atoms with Gasteiger partial charge >= 0.3 is 0 Å². The summed E-state index contributed by atoms with van der Waals surface area (Å²) in [5.41, 5.74) is 8.85. The van der Waals surface area contributed by atoms with Crippen LogP contribution in [0.5, 0.6) is 5.75 Å². The lowest BCUT2D eigenvalue weighted by Gasteiger charge is -2.12. The highest BCUT2D eigenvalue weighted by Gasteiger charge is 2.06. The molecule has 4 heteroatoms. The monoisotopic (exact) mass is 270 g/mol. The van der Waals surface area contributed by atoms with Gasteiger partial charge in [0.25, 0.3) is 0 Å². The summed E-state index contributed by atoms with van der Waals surface area (Å²) in [6, 6.07) is 13.0. The third kappa shape index (κ3) is 3.51. The van der Waals surface area contributed by atoms with E-state index >= 15 is 0 Å². The van der Waals surface area contributed by atoms with E-state index in [0.717, 1.165) is 22.4 Å². The van der Waals surface area contributed by atoms with Gasteiger partial charge in [-0.2, -0.15) is 0 Å². The molecule has 2 aromatic carbocycles. The Hall–Kier alpha value is -2.49. The fourth-order valence-corrected chi connectivity index (χ4v) is 2.08. The van der Waals surface area contributed by atoms with Crippen molar-refractivity contribution in [2.45, 2.75) is 19.9 Å². The smallest absolute Gasteiger partial charge is 0.221 e. The van der Waals surface area contributed by atoms with Gasteiger partial charge in [0, 0.05) is 17.8 Å². The predicted octanol–water partition coefficient (Wildman–Crippen LogP) is 2.34. The number of amides is 1. The number of aryl methyl sites for hydroxylation is 1. The molecule has 0 unspecified atom stereocenters. The summed E-state index contributed by atoms with van der Waals surface area (Å²) in [7, 11) is 0. The second kappa shape index (κ2) is 6.10. The molecule has 1 amide bonds. The van der Waals surface area contributed by atoms with E-state index in [1.165, 1.54) is 0 Å². The van der Waals surface area contributed by atoms with Gasteiger partial charge in [-0.3, -0.25) is 4.79 Å². The normalized spacial score (nSPS) is 10.2. The molecule has 0 spiro atoms. The molecule has 0 radical (unpaired) electrons. The Bertz CT molecular complexity index is 624. The van der Waals surface area contributed by atoms with Crippen molar-refractivity contribution in [2.24, 2.45) is 5.73 Å². The molecular weight excluding hydrogens is 252 g/mol. The molecule has 20 heavy (non-hydrogen) atoms. The van der Waals surface area contributed by atoms with Crippen molar-refractivity contribution in [3.8, 4) is 5.75 Å². The van der Waals surface area contributed by atoms with Gasteiger partial charge < -0.3 is 16.2 Å². The zero-order valence-electron chi connectivity index (χ0n) is 11.4. The number of primary amides is 1. The molecule has 0 aromatic heterocycles. The summed E-state index contributed by atoms with van der Waals surface area (Å²) in [6.07, 6.45) is 0.197. The molecule has 0 heterocycles. The van der Waals surface area contributed by atoms with E-state index in [9.17, 15) is 9.90 Å². The van der Waals surface area contributed by atoms with Gasteiger partial charge in [0.1, 0.15) is 5.75 Å². The van der Waals surface area contributed by atoms with Gasteiger partial charge in [-0.15, -0.1) is 0 Å². The Morgan fingerprint density at radius 1 is 1.20 bits per heavy atom. The second-order valence-corrected chi connectivity index (χ2v) is 4.79. The van der Waals surface area contributed by atoms with Crippen molar-refractivity contribution >= 4 is 11.6 Å². The first-order chi connectivity index (χ1) is 9.56. The number of para-hydroxylation sites is 1. The first kappa shape index (κ1) is 13.9. The van der Waals surface area contributed by atoms with E-state index in [1.54, 1.807) is 6.07 Å². The molecule has 2 aromatic rings. The number of phenolic OH excluding ortho intramolecular Hbond substituents is 1. The van der Waals surface area contributed by atoms with E-state index in [4.69, 9.17) is 5.73 Å². The van der Waals surface area contributed by atoms with Crippen LogP contribution in [0.15, 0.2) is 42.5 Å². The van der Waals surface area contributed by atoms with Gasteiger partial charge in [0.2, 0.25) is 5.91 Å². The first-order valence-corrected chi connectivity index (χ1v) is 6.45. The van der Waals surface area contributed by atoms with Crippen LogP contribution in [0.3, 0.4) is 0 Å². The summed E-state index contributed by atoms with van der Waals surface area (Å²) in [5.74, 6) is -0.104. The maximum Gasteiger partial charge on any atom is 0.221 e. The Labute approximate surface area is 118 Å². The molecule has 0 aliphatic heterocycles. The van der Waals surface area contributed by atoms with Crippen LogP contribution in [0.2, 0.25) is 0 Å². The molecule has 0 saturated heterocycles. The molecule has 0 aliphatic carbocycles. The van der Waals surface area contributed by atoms with Crippen LogP contribution >= 0.6 is 0 Å². The maximum absolute atomic E-state index is 11.0. The van der Waals surface area contributed by atoms with E-state index in [0.29, 0.717) is 6.54 Å². The molecule has 0 bridgehead atoms. The minimum atomic E-state index is -0.363. The second-order valence-electron chi connectivity index (χ2n) is 4.79. The zero-order valence-corrected chi connectivity index (χ0v) is 11.4. The Morgan fingerprint density at radius 2 is 1.95 bits per heavy atom. The molecular formula is C16H18N2O2. The fourth-order valence-electron chi connectivity index (χ4n) is 2.08. The fraction of sp³-hybridized carbons (Fsp3) is 0.188. The van der Waals surface area contributed by atoms with Crippen LogP contribution in [-0.2, 0) is 17.8 Å². The minimum Gasteiger partial charge on any atom is -0.508 e. The summed E-state index contributed by atoms with van der Waals surface area (Å²) in [4.78, 5) is 11.0. The third-order valence-corrected chi connectivity index (χ3v) is 3.09. The molecule has 4 nitrogen and oxygen atoms in total. The average Bonchev–Trinajstić information content (AvgIpc) is 2.41. The van der Waals surface area contributed by atoms with E-state index < -0.39 is 0 Å². The van der Waals surface area contributed by atoms with Crippen LogP contribution in [0.25, 0.3) is 0 Å². The van der Waals surface area contributed by atoms with Crippen molar-refractivity contribution in [1.29, 1.82) is 0 Å². The third-order valence-electron chi connectivity index (χ3n) is 3.09. The number of benzene rings is 2. The summed E-state index contributed by atoms with van der Waals surface area (Å²) < 4.78 is 0. The standard InChI is InChI=1S/C16H18N2O2/c1-11-6-7-15(19)13(8-11)10-18-14-5-3-2-4-12(14)9-16(17)20/h2-8,18-19H,9-10H2,1H3,(H2,17,20). The number of anilines is 1. The zero-order chi connectivity index (χ0) is 14.5. The van der Waals surface area contributed by atoms with Gasteiger partial charge in [-0.05, 0) is 24.6 Å². The number of aromatic hydroxyl groups is 1. The number of carbonyl (C=O) groups excluding carboxylic acids is 1. The maximum atomic E-state index is 11.0. The van der Waals surface area contributed by atoms with E-state index in [2.05, 4.69) is 5.32 Å². The van der Waals surface area contributed by atoms with Crippen molar-refractivity contribution in [1.82, 2.24) is 0 Å². The van der Waals surface area contributed by atoms with Crippen molar-refractivity contribution in [3.05, 3.63) is 59.2 Å². The Balaban J connectivity index is 2.14. The number of carbonyl (C=O) groups is 1. The molecule has 104 valence electrons. The number of nitrogens with two attached hydrogens (primary N) is 1. The van der Waals surface area contributed by atoms with Crippen LogP contribution in [0.4, 0.5) is 5.69 Å². The number of rotatable bonds is 5. The largest absolute Gasteiger partial charge is 0.508 e. The SMILES string of the molecule is Cc1ccc(O)c(CNc2ccccc2CC(N)=O)c1. The van der Waals surface area contributed by atoms with E-state index in [-0.39, 0.29) is 18.1 Å². The number of hydrogen-bond donors (Lipinski definition) is 3. The Kier molecular flexibility index (Phi) is 4.25. The van der Waals surface area contributed by atoms with Crippen molar-refractivity contribution in [3.63, 3.8) is 0 Å². The number of nitrogens with one attached hydrogen (secondary N) is 1. The lowest BCUT2D eigenvalue weighted by molar-refractivity contribution is -0.117. The Morgan fingerprint density at radius 3 is 2.70 bits per heavy atom. The highest BCUT2D eigenvalue weighted by Crippen LogP contribution is 2.21. The first-order valence-electron chi connectivity index (χ1n) is 6.45. The van der Waals surface area contributed by atoms with Gasteiger partial charge in [0.15, 0.2) is 0 Å². The quantitative estimate of drug-likeness (QED) is 0.780. The lowest BCUT2D eigenvalue weighted by Crippen LogP contribution is -2.15. The molecule has 0 atom stereocenters. The van der Waals surface area contributed by atoms with E-state index in [1.807, 2.05) is 43.3 Å². The summed E-state index contributed by atoms with van der Waals surface area (Å²) in [5, 5.41) is 13.0. The molecule has 0 saturated carbocycles. The molecule has 2 rings (SSSR count). The van der Waals surface area contributed by atoms with Crippen molar-refractivity contribution < 1.29 is 9.90 Å². The predicted molar refractivity (Wildman–Crippen MR) is 79.5 cm³/mol. The highest BCUT2D eigenvalue weighted by atomic mass is 16.3. The van der Waals surface area contributed by atoms with Gasteiger partial charge in [-0.25, -0.2) is 0 Å². The summed E-state index contributed by atoms with van der Waals surface area (Å²) in [6.45, 7) is 2.47. The van der Waals surface area contributed by atoms with Crippen LogP contribution in [-0.4, -0.2) is 11.0 Å². The molecule has 4 N–H and O–H groups in total. The van der Waals surface area contributed by atoms with Crippen LogP contribution in [0, 0.1) is 6.92 Å². The molecule has 0 fully saturated rings. The average molecular weight is 270 g/mol. The highest BCUT2D eigenvalue weighted by molar-refractivity contribution is 5.78. The van der Waals surface area contributed by atoms with Gasteiger partial charge in [0.05, 0.1) is 6.42 Å². The van der Waals surface area contributed by atoms with Gasteiger partial charge in [-0.1, -0.05) is 35.9 Å². The summed E-state index contributed by atoms with van der Waals surface area (Å²) >= 11 is 0. The topological polar surface area (TPSA) is 75.3 Å². The van der Waals surface area contributed by atoms with Crippen LogP contribution in [0.1, 0.15) is 16.7 Å². The van der Waals surface area contributed by atoms with Crippen LogP contribution < -0.4 is 11.1 Å². The molecule has 0 aliphatic rings. The lowest BCUT2D eigenvalue weighted by atomic mass is 10.1. The van der Waals surface area contributed by atoms with Crippen molar-refractivity contribution in [2.75, 3.05) is 5.32 Å².